The molecule has 0 radical (unpaired) electrons. The van der Waals surface area contributed by atoms with Crippen molar-refractivity contribution >= 4 is 21.4 Å². The molecule has 3 N–H and O–H groups in total. The van der Waals surface area contributed by atoms with Crippen LogP contribution < -0.4 is 10.5 Å². The van der Waals surface area contributed by atoms with Crippen molar-refractivity contribution in [1.82, 2.24) is 0 Å². The van der Waals surface area contributed by atoms with Crippen molar-refractivity contribution in [2.45, 2.75) is 17.4 Å². The van der Waals surface area contributed by atoms with Crippen LogP contribution in [0.15, 0.2) is 53.4 Å². The lowest BCUT2D eigenvalue weighted by Gasteiger charge is -2.20. The number of nitrogens with one attached hydrogen (secondary N) is 1. The molecule has 2 aromatic carbocycles. The molecule has 0 spiro atoms. The third-order valence-electron chi connectivity index (χ3n) is 4.39. The van der Waals surface area contributed by atoms with Crippen LogP contribution in [0.5, 0.6) is 0 Å². The Labute approximate surface area is 151 Å². The molecule has 0 saturated carbocycles. The Hall–Kier alpha value is -2.49. The standard InChI is InChI=1S/C17H19N3O5S/c18-26(23,24)14-6-7-15(16(10-14)20(21)22)19-11-13-8-9-25-17(13)12-4-2-1-3-5-12/h1-7,10,13,17,19H,8-9,11H2,(H2,18,23,24). The minimum absolute atomic E-state index is 0.0774. The van der Waals surface area contributed by atoms with Crippen LogP contribution in [0, 0.1) is 16.0 Å². The van der Waals surface area contributed by atoms with E-state index < -0.39 is 14.9 Å². The molecular weight excluding hydrogens is 358 g/mol. The van der Waals surface area contributed by atoms with Gasteiger partial charge in [-0.3, -0.25) is 10.1 Å². The number of anilines is 1. The molecule has 1 heterocycles. The quantitative estimate of drug-likeness (QED) is 0.588. The lowest BCUT2D eigenvalue weighted by atomic mass is 9.95. The molecule has 2 atom stereocenters. The average molecular weight is 377 g/mol. The van der Waals surface area contributed by atoms with Crippen molar-refractivity contribution in [1.29, 1.82) is 0 Å². The number of nitro groups is 1. The molecule has 2 unspecified atom stereocenters. The fourth-order valence-corrected chi connectivity index (χ4v) is 3.62. The Morgan fingerprint density at radius 2 is 1.96 bits per heavy atom. The second-order valence-corrected chi connectivity index (χ2v) is 7.67. The molecule has 9 heteroatoms. The molecule has 1 saturated heterocycles. The molecular formula is C17H19N3O5S. The molecule has 0 aliphatic carbocycles. The van der Waals surface area contributed by atoms with Crippen LogP contribution >= 0.6 is 0 Å². The van der Waals surface area contributed by atoms with Gasteiger partial charge in [0, 0.05) is 25.1 Å². The van der Waals surface area contributed by atoms with Gasteiger partial charge in [0.15, 0.2) is 0 Å². The Kier molecular flexibility index (Phi) is 5.21. The minimum atomic E-state index is -4.00. The third kappa shape index (κ3) is 4.01. The Morgan fingerprint density at radius 1 is 1.23 bits per heavy atom. The molecule has 0 aromatic heterocycles. The van der Waals surface area contributed by atoms with Gasteiger partial charge in [-0.15, -0.1) is 0 Å². The second-order valence-electron chi connectivity index (χ2n) is 6.11. The fraction of sp³-hybridized carbons (Fsp3) is 0.294. The summed E-state index contributed by atoms with van der Waals surface area (Å²) in [7, 11) is -4.00. The normalized spacial score (nSPS) is 20.0. The molecule has 1 aliphatic heterocycles. The van der Waals surface area contributed by atoms with Crippen LogP contribution in [0.25, 0.3) is 0 Å². The van der Waals surface area contributed by atoms with E-state index in [2.05, 4.69) is 5.32 Å². The van der Waals surface area contributed by atoms with Crippen LogP contribution in [0.3, 0.4) is 0 Å². The number of sulfonamides is 1. The highest BCUT2D eigenvalue weighted by Crippen LogP contribution is 2.35. The number of hydrogen-bond donors (Lipinski definition) is 2. The van der Waals surface area contributed by atoms with Crippen LogP contribution in [-0.2, 0) is 14.8 Å². The smallest absolute Gasteiger partial charge is 0.293 e. The lowest BCUT2D eigenvalue weighted by molar-refractivity contribution is -0.384. The van der Waals surface area contributed by atoms with Crippen LogP contribution in [0.4, 0.5) is 11.4 Å². The van der Waals surface area contributed by atoms with Gasteiger partial charge < -0.3 is 10.1 Å². The van der Waals surface area contributed by atoms with E-state index in [1.165, 1.54) is 12.1 Å². The number of hydrogen-bond acceptors (Lipinski definition) is 6. The molecule has 1 aliphatic rings. The monoisotopic (exact) mass is 377 g/mol. The predicted molar refractivity (Wildman–Crippen MR) is 96.2 cm³/mol. The first kappa shape index (κ1) is 18.3. The highest BCUT2D eigenvalue weighted by Gasteiger charge is 2.30. The number of benzene rings is 2. The van der Waals surface area contributed by atoms with Gasteiger partial charge in [0.1, 0.15) is 5.69 Å². The fourth-order valence-electron chi connectivity index (χ4n) is 3.08. The van der Waals surface area contributed by atoms with E-state index in [0.717, 1.165) is 18.1 Å². The summed E-state index contributed by atoms with van der Waals surface area (Å²) >= 11 is 0. The number of nitrogens with two attached hydrogens (primary N) is 1. The van der Waals surface area contributed by atoms with Crippen molar-refractivity contribution < 1.29 is 18.1 Å². The van der Waals surface area contributed by atoms with Crippen molar-refractivity contribution in [3.05, 3.63) is 64.2 Å². The number of rotatable bonds is 6. The molecule has 2 aromatic rings. The summed E-state index contributed by atoms with van der Waals surface area (Å²) in [6.07, 6.45) is 0.752. The lowest BCUT2D eigenvalue weighted by Crippen LogP contribution is -2.19. The summed E-state index contributed by atoms with van der Waals surface area (Å²) in [4.78, 5) is 10.4. The Morgan fingerprint density at radius 3 is 2.62 bits per heavy atom. The van der Waals surface area contributed by atoms with Crippen molar-refractivity contribution in [2.24, 2.45) is 11.1 Å². The Balaban J connectivity index is 1.78. The van der Waals surface area contributed by atoms with Gasteiger partial charge in [-0.2, -0.15) is 0 Å². The summed E-state index contributed by atoms with van der Waals surface area (Å²) in [5.41, 5.74) is 0.990. The number of nitrogens with zero attached hydrogens (tertiary/aromatic N) is 1. The van der Waals surface area contributed by atoms with Crippen molar-refractivity contribution in [3.8, 4) is 0 Å². The summed E-state index contributed by atoms with van der Waals surface area (Å²) in [5.74, 6) is 0.148. The second kappa shape index (κ2) is 7.40. The summed E-state index contributed by atoms with van der Waals surface area (Å²) in [6.45, 7) is 1.09. The molecule has 0 amide bonds. The molecule has 1 fully saturated rings. The third-order valence-corrected chi connectivity index (χ3v) is 5.30. The first-order chi connectivity index (χ1) is 12.4. The molecule has 8 nitrogen and oxygen atoms in total. The van der Waals surface area contributed by atoms with Gasteiger partial charge in [-0.1, -0.05) is 30.3 Å². The van der Waals surface area contributed by atoms with Gasteiger partial charge in [0.25, 0.3) is 5.69 Å². The van der Waals surface area contributed by atoms with Gasteiger partial charge >= 0.3 is 0 Å². The summed E-state index contributed by atoms with van der Waals surface area (Å²) < 4.78 is 28.6. The van der Waals surface area contributed by atoms with Crippen LogP contribution in [0.1, 0.15) is 18.1 Å². The van der Waals surface area contributed by atoms with Gasteiger partial charge in [-0.05, 0) is 24.1 Å². The van der Waals surface area contributed by atoms with E-state index in [1.54, 1.807) is 0 Å². The van der Waals surface area contributed by atoms with Crippen molar-refractivity contribution in [2.75, 3.05) is 18.5 Å². The van der Waals surface area contributed by atoms with Gasteiger partial charge in [-0.25, -0.2) is 13.6 Å². The summed E-state index contributed by atoms with van der Waals surface area (Å²) in [5, 5.41) is 19.4. The predicted octanol–water partition coefficient (Wildman–Crippen LogP) is 2.43. The molecule has 26 heavy (non-hydrogen) atoms. The maximum absolute atomic E-state index is 11.4. The topological polar surface area (TPSA) is 125 Å². The molecule has 0 bridgehead atoms. The molecule has 3 rings (SSSR count). The zero-order valence-electron chi connectivity index (χ0n) is 13.9. The van der Waals surface area contributed by atoms with E-state index >= 15 is 0 Å². The Bertz CT molecular complexity index is 902. The first-order valence-electron chi connectivity index (χ1n) is 8.08. The summed E-state index contributed by atoms with van der Waals surface area (Å²) in [6, 6.07) is 13.4. The highest BCUT2D eigenvalue weighted by molar-refractivity contribution is 7.89. The van der Waals surface area contributed by atoms with E-state index in [4.69, 9.17) is 9.88 Å². The molecule has 138 valence electrons. The van der Waals surface area contributed by atoms with E-state index in [0.29, 0.717) is 13.2 Å². The zero-order chi connectivity index (χ0) is 18.7. The number of primary sulfonamides is 1. The van der Waals surface area contributed by atoms with Crippen LogP contribution in [-0.4, -0.2) is 26.5 Å². The van der Waals surface area contributed by atoms with Gasteiger partial charge in [0.05, 0.1) is 15.9 Å². The van der Waals surface area contributed by atoms with Gasteiger partial charge in [0.2, 0.25) is 10.0 Å². The zero-order valence-corrected chi connectivity index (χ0v) is 14.7. The van der Waals surface area contributed by atoms with E-state index in [-0.39, 0.29) is 28.3 Å². The van der Waals surface area contributed by atoms with Crippen molar-refractivity contribution in [3.63, 3.8) is 0 Å². The van der Waals surface area contributed by atoms with Crippen LogP contribution in [0.2, 0.25) is 0 Å². The van der Waals surface area contributed by atoms with E-state index in [1.807, 2.05) is 30.3 Å². The number of ether oxygens (including phenoxy) is 1. The maximum atomic E-state index is 11.4. The SMILES string of the molecule is NS(=O)(=O)c1ccc(NCC2CCOC2c2ccccc2)c([N+](=O)[O-])c1. The first-order valence-corrected chi connectivity index (χ1v) is 9.62. The maximum Gasteiger partial charge on any atom is 0.293 e. The van der Waals surface area contributed by atoms with E-state index in [9.17, 15) is 18.5 Å². The largest absolute Gasteiger partial charge is 0.379 e. The minimum Gasteiger partial charge on any atom is -0.379 e. The highest BCUT2D eigenvalue weighted by atomic mass is 32.2. The number of nitro benzene ring substituents is 1. The average Bonchev–Trinajstić information content (AvgIpc) is 3.08.